The molecule has 2 aromatic carbocycles. The summed E-state index contributed by atoms with van der Waals surface area (Å²) in [6, 6.07) is 16.3. The maximum atomic E-state index is 13.2. The molecule has 0 bridgehead atoms. The van der Waals surface area contributed by atoms with Gasteiger partial charge in [0.1, 0.15) is 4.21 Å². The minimum Gasteiger partial charge on any atom is -0.261 e. The number of hydrogen-bond acceptors (Lipinski definition) is 5. The molecule has 6 nitrogen and oxygen atoms in total. The number of sulfonamides is 1. The Bertz CT molecular complexity index is 1070. The van der Waals surface area contributed by atoms with Crippen molar-refractivity contribution < 1.29 is 13.3 Å². The molecule has 0 saturated carbocycles. The first-order valence-electron chi connectivity index (χ1n) is 7.55. The van der Waals surface area contributed by atoms with Crippen molar-refractivity contribution in [2.45, 2.75) is 10.8 Å². The van der Waals surface area contributed by atoms with Crippen LogP contribution in [0.4, 0.5) is 11.4 Å². The average molecular weight is 443 g/mol. The summed E-state index contributed by atoms with van der Waals surface area (Å²) in [6.45, 7) is 0.0497. The fourth-order valence-corrected chi connectivity index (χ4v) is 5.73. The molecule has 1 heterocycles. The largest absolute Gasteiger partial charge is 0.300 e. The Morgan fingerprint density at radius 2 is 1.67 bits per heavy atom. The van der Waals surface area contributed by atoms with Crippen LogP contribution in [0.1, 0.15) is 5.56 Å². The topological polar surface area (TPSA) is 80.5 Å². The monoisotopic (exact) mass is 442 g/mol. The smallest absolute Gasteiger partial charge is 0.261 e. The standard InChI is InChI=1S/C17H12Cl2N2O4S2/c18-13-6-8-14(9-7-13)20(11-12-4-2-1-3-5-12)27(24,25)16-10-15(21(22)23)17(19)26-16/h1-10H,11H2. The molecule has 0 unspecified atom stereocenters. The van der Waals surface area contributed by atoms with Crippen molar-refractivity contribution in [3.8, 4) is 0 Å². The lowest BCUT2D eigenvalue weighted by molar-refractivity contribution is -0.384. The second-order valence-corrected chi connectivity index (χ2v) is 9.64. The SMILES string of the molecule is O=[N+]([O-])c1cc(S(=O)(=O)N(Cc2ccccc2)c2ccc(Cl)cc2)sc1Cl. The van der Waals surface area contributed by atoms with Crippen LogP contribution in [0.25, 0.3) is 0 Å². The number of hydrogen-bond donors (Lipinski definition) is 0. The summed E-state index contributed by atoms with van der Waals surface area (Å²) in [5.41, 5.74) is 0.708. The predicted molar refractivity (Wildman–Crippen MR) is 107 cm³/mol. The Labute approximate surface area is 169 Å². The van der Waals surface area contributed by atoms with Crippen molar-refractivity contribution in [3.05, 3.63) is 85.7 Å². The van der Waals surface area contributed by atoms with Crippen molar-refractivity contribution >= 4 is 55.9 Å². The second kappa shape index (κ2) is 7.85. The maximum Gasteiger partial charge on any atom is 0.300 e. The summed E-state index contributed by atoms with van der Waals surface area (Å²) in [4.78, 5) is 10.3. The molecule has 3 aromatic rings. The number of rotatable bonds is 6. The summed E-state index contributed by atoms with van der Waals surface area (Å²) in [7, 11) is -4.08. The van der Waals surface area contributed by atoms with E-state index in [0.717, 1.165) is 11.6 Å². The van der Waals surface area contributed by atoms with Crippen LogP contribution in [-0.4, -0.2) is 13.3 Å². The van der Waals surface area contributed by atoms with E-state index in [0.29, 0.717) is 22.0 Å². The van der Waals surface area contributed by atoms with Crippen LogP contribution in [0.2, 0.25) is 9.36 Å². The van der Waals surface area contributed by atoms with Gasteiger partial charge >= 0.3 is 0 Å². The molecular weight excluding hydrogens is 431 g/mol. The highest BCUT2D eigenvalue weighted by Gasteiger charge is 2.31. The number of anilines is 1. The van der Waals surface area contributed by atoms with E-state index in [-0.39, 0.29) is 15.1 Å². The normalized spacial score (nSPS) is 11.3. The van der Waals surface area contributed by atoms with E-state index in [1.807, 2.05) is 6.07 Å². The first-order valence-corrected chi connectivity index (χ1v) is 10.6. The molecular formula is C17H12Cl2N2O4S2. The number of nitrogens with zero attached hydrogens (tertiary/aromatic N) is 2. The number of nitro groups is 1. The van der Waals surface area contributed by atoms with Gasteiger partial charge in [-0.15, -0.1) is 11.3 Å². The average Bonchev–Trinajstić information content (AvgIpc) is 3.04. The van der Waals surface area contributed by atoms with Gasteiger partial charge in [0.25, 0.3) is 15.7 Å². The predicted octanol–water partition coefficient (Wildman–Crippen LogP) is 5.36. The zero-order valence-electron chi connectivity index (χ0n) is 13.6. The van der Waals surface area contributed by atoms with Crippen molar-refractivity contribution in [3.63, 3.8) is 0 Å². The molecule has 10 heteroatoms. The van der Waals surface area contributed by atoms with Crippen LogP contribution >= 0.6 is 34.5 Å². The van der Waals surface area contributed by atoms with Crippen molar-refractivity contribution in [1.29, 1.82) is 0 Å². The molecule has 0 amide bonds. The third-order valence-electron chi connectivity index (χ3n) is 3.67. The molecule has 0 aliphatic rings. The third kappa shape index (κ3) is 4.24. The fourth-order valence-electron chi connectivity index (χ4n) is 2.37. The van der Waals surface area contributed by atoms with Crippen molar-refractivity contribution in [1.82, 2.24) is 0 Å². The highest BCUT2D eigenvalue weighted by Crippen LogP contribution is 2.39. The summed E-state index contributed by atoms with van der Waals surface area (Å²) in [6.07, 6.45) is 0. The Hall–Kier alpha value is -2.13. The van der Waals surface area contributed by atoms with Crippen LogP contribution in [0, 0.1) is 10.1 Å². The highest BCUT2D eigenvalue weighted by atomic mass is 35.5. The summed E-state index contributed by atoms with van der Waals surface area (Å²) in [5, 5.41) is 11.5. The van der Waals surface area contributed by atoms with Crippen LogP contribution in [0.15, 0.2) is 64.9 Å². The van der Waals surface area contributed by atoms with E-state index in [4.69, 9.17) is 23.2 Å². The van der Waals surface area contributed by atoms with Gasteiger partial charge in [-0.1, -0.05) is 53.5 Å². The van der Waals surface area contributed by atoms with Gasteiger partial charge in [0.15, 0.2) is 4.34 Å². The Balaban J connectivity index is 2.09. The summed E-state index contributed by atoms with van der Waals surface area (Å²) in [5.74, 6) is 0. The second-order valence-electron chi connectivity index (χ2n) is 5.46. The van der Waals surface area contributed by atoms with Crippen LogP contribution < -0.4 is 4.31 Å². The van der Waals surface area contributed by atoms with Crippen LogP contribution in [0.5, 0.6) is 0 Å². The first kappa shape index (κ1) is 19.6. The lowest BCUT2D eigenvalue weighted by atomic mass is 10.2. The van der Waals surface area contributed by atoms with Gasteiger partial charge in [0.2, 0.25) is 0 Å². The zero-order valence-corrected chi connectivity index (χ0v) is 16.7. The highest BCUT2D eigenvalue weighted by molar-refractivity contribution is 7.94. The molecule has 0 saturated heterocycles. The molecule has 0 radical (unpaired) electrons. The van der Waals surface area contributed by atoms with Gasteiger partial charge in [0, 0.05) is 11.1 Å². The van der Waals surface area contributed by atoms with E-state index >= 15 is 0 Å². The molecule has 0 fully saturated rings. The minimum absolute atomic E-state index is 0.0497. The molecule has 0 spiro atoms. The Morgan fingerprint density at radius 3 is 2.22 bits per heavy atom. The lowest BCUT2D eigenvalue weighted by Gasteiger charge is -2.24. The van der Waals surface area contributed by atoms with E-state index < -0.39 is 20.6 Å². The zero-order chi connectivity index (χ0) is 19.6. The minimum atomic E-state index is -4.08. The van der Waals surface area contributed by atoms with Gasteiger partial charge in [-0.25, -0.2) is 8.42 Å². The molecule has 0 N–H and O–H groups in total. The van der Waals surface area contributed by atoms with Crippen molar-refractivity contribution in [2.75, 3.05) is 4.31 Å². The molecule has 27 heavy (non-hydrogen) atoms. The van der Waals surface area contributed by atoms with Crippen LogP contribution in [-0.2, 0) is 16.6 Å². The van der Waals surface area contributed by atoms with E-state index in [1.54, 1.807) is 48.5 Å². The molecule has 0 atom stereocenters. The van der Waals surface area contributed by atoms with E-state index in [1.165, 1.54) is 4.31 Å². The third-order valence-corrected chi connectivity index (χ3v) is 7.48. The molecule has 140 valence electrons. The Kier molecular flexibility index (Phi) is 5.71. The number of halogens is 2. The molecule has 1 aromatic heterocycles. The molecule has 0 aliphatic carbocycles. The van der Waals surface area contributed by atoms with Gasteiger partial charge in [-0.2, -0.15) is 0 Å². The van der Waals surface area contributed by atoms with Crippen LogP contribution in [0.3, 0.4) is 0 Å². The van der Waals surface area contributed by atoms with E-state index in [2.05, 4.69) is 0 Å². The first-order chi connectivity index (χ1) is 12.8. The van der Waals surface area contributed by atoms with Gasteiger partial charge in [-0.3, -0.25) is 14.4 Å². The lowest BCUT2D eigenvalue weighted by Crippen LogP contribution is -2.30. The van der Waals surface area contributed by atoms with Gasteiger partial charge < -0.3 is 0 Å². The summed E-state index contributed by atoms with van der Waals surface area (Å²) >= 11 is 12.4. The van der Waals surface area contributed by atoms with Crippen molar-refractivity contribution in [2.24, 2.45) is 0 Å². The fraction of sp³-hybridized carbons (Fsp3) is 0.0588. The molecule has 0 aliphatic heterocycles. The molecule has 3 rings (SSSR count). The number of thiophene rings is 1. The van der Waals surface area contributed by atoms with Gasteiger partial charge in [-0.05, 0) is 29.8 Å². The Morgan fingerprint density at radius 1 is 1.04 bits per heavy atom. The van der Waals surface area contributed by atoms with E-state index in [9.17, 15) is 18.5 Å². The van der Waals surface area contributed by atoms with Gasteiger partial charge in [0.05, 0.1) is 17.2 Å². The number of benzene rings is 2. The summed E-state index contributed by atoms with van der Waals surface area (Å²) < 4.78 is 27.2. The quantitative estimate of drug-likeness (QED) is 0.380. The maximum absolute atomic E-state index is 13.2.